The summed E-state index contributed by atoms with van der Waals surface area (Å²) in [7, 11) is 0. The van der Waals surface area contributed by atoms with E-state index in [-0.39, 0.29) is 18.0 Å². The van der Waals surface area contributed by atoms with E-state index < -0.39 is 0 Å². The number of carbonyl (C=O) groups is 1. The maximum Gasteiger partial charge on any atom is 0.261 e. The normalized spacial score (nSPS) is 11.0. The molecule has 0 saturated heterocycles. The van der Waals surface area contributed by atoms with Gasteiger partial charge in [0.1, 0.15) is 6.54 Å². The van der Waals surface area contributed by atoms with Crippen molar-refractivity contribution in [3.05, 3.63) is 51.0 Å². The minimum Gasteiger partial charge on any atom is -0.300 e. The highest BCUT2D eigenvalue weighted by Gasteiger charge is 2.12. The number of amides is 1. The van der Waals surface area contributed by atoms with E-state index in [0.29, 0.717) is 16.0 Å². The number of fused-ring (bicyclic) bond motifs is 1. The van der Waals surface area contributed by atoms with Crippen LogP contribution in [0.5, 0.6) is 0 Å². The Hall–Kier alpha value is -2.54. The van der Waals surface area contributed by atoms with Crippen LogP contribution in [0.4, 0.5) is 5.13 Å². The topological polar surface area (TPSA) is 76.9 Å². The second-order valence-corrected chi connectivity index (χ2v) is 6.78. The van der Waals surface area contributed by atoms with E-state index in [9.17, 15) is 9.59 Å². The second-order valence-electron chi connectivity index (χ2n) is 5.57. The van der Waals surface area contributed by atoms with E-state index in [2.05, 4.69) is 15.3 Å². The van der Waals surface area contributed by atoms with Crippen LogP contribution >= 0.6 is 11.3 Å². The molecule has 0 saturated carbocycles. The van der Waals surface area contributed by atoms with Gasteiger partial charge in [-0.05, 0) is 31.9 Å². The van der Waals surface area contributed by atoms with Gasteiger partial charge >= 0.3 is 0 Å². The third-order valence-electron chi connectivity index (χ3n) is 3.84. The molecule has 2 aromatic heterocycles. The van der Waals surface area contributed by atoms with Crippen LogP contribution in [0.1, 0.15) is 23.1 Å². The SMILES string of the molecule is CCc1nc(NC(=O)Cn2cnc3c(C)cccc3c2=O)sc1C. The molecule has 0 aliphatic rings. The van der Waals surface area contributed by atoms with Gasteiger partial charge in [0, 0.05) is 4.88 Å². The minimum absolute atomic E-state index is 0.0875. The number of para-hydroxylation sites is 1. The molecule has 2 heterocycles. The number of aryl methyl sites for hydroxylation is 3. The van der Waals surface area contributed by atoms with Gasteiger partial charge in [0.25, 0.3) is 5.56 Å². The van der Waals surface area contributed by atoms with Gasteiger partial charge in [-0.2, -0.15) is 0 Å². The minimum atomic E-state index is -0.290. The number of anilines is 1. The molecular formula is C17H18N4O2S. The zero-order valence-electron chi connectivity index (χ0n) is 13.8. The molecule has 0 atom stereocenters. The summed E-state index contributed by atoms with van der Waals surface area (Å²) in [6, 6.07) is 5.45. The summed E-state index contributed by atoms with van der Waals surface area (Å²) >= 11 is 1.44. The molecule has 0 fully saturated rings. The van der Waals surface area contributed by atoms with Gasteiger partial charge in [0.2, 0.25) is 5.91 Å². The van der Waals surface area contributed by atoms with Crippen molar-refractivity contribution >= 4 is 33.3 Å². The molecule has 1 amide bonds. The van der Waals surface area contributed by atoms with Crippen LogP contribution in [0, 0.1) is 13.8 Å². The smallest absolute Gasteiger partial charge is 0.261 e. The molecule has 0 spiro atoms. The molecule has 1 N–H and O–H groups in total. The number of thiazole rings is 1. The molecule has 0 unspecified atom stereocenters. The predicted molar refractivity (Wildman–Crippen MR) is 95.6 cm³/mol. The maximum absolute atomic E-state index is 12.5. The van der Waals surface area contributed by atoms with Crippen molar-refractivity contribution in [2.45, 2.75) is 33.7 Å². The number of hydrogen-bond acceptors (Lipinski definition) is 5. The average molecular weight is 342 g/mol. The average Bonchev–Trinajstić information content (AvgIpc) is 2.90. The fraction of sp³-hybridized carbons (Fsp3) is 0.294. The van der Waals surface area contributed by atoms with Gasteiger partial charge in [0.05, 0.1) is 22.9 Å². The standard InChI is InChI=1S/C17H18N4O2S/c1-4-13-11(3)24-17(19-13)20-14(22)8-21-9-18-15-10(2)6-5-7-12(15)16(21)23/h5-7,9H,4,8H2,1-3H3,(H,19,20,22). The van der Waals surface area contributed by atoms with Gasteiger partial charge in [-0.15, -0.1) is 11.3 Å². The van der Waals surface area contributed by atoms with E-state index in [1.165, 1.54) is 22.2 Å². The molecule has 0 aliphatic heterocycles. The highest BCUT2D eigenvalue weighted by Crippen LogP contribution is 2.22. The van der Waals surface area contributed by atoms with Crippen molar-refractivity contribution in [2.24, 2.45) is 0 Å². The fourth-order valence-electron chi connectivity index (χ4n) is 2.57. The molecule has 24 heavy (non-hydrogen) atoms. The zero-order chi connectivity index (χ0) is 17.3. The van der Waals surface area contributed by atoms with E-state index in [1.54, 1.807) is 6.07 Å². The van der Waals surface area contributed by atoms with Crippen LogP contribution in [-0.4, -0.2) is 20.4 Å². The maximum atomic E-state index is 12.5. The zero-order valence-corrected chi connectivity index (χ0v) is 14.6. The molecule has 0 radical (unpaired) electrons. The summed E-state index contributed by atoms with van der Waals surface area (Å²) in [6.07, 6.45) is 2.24. The molecule has 7 heteroatoms. The first-order valence-electron chi connectivity index (χ1n) is 7.70. The van der Waals surface area contributed by atoms with Gasteiger partial charge in [-0.1, -0.05) is 19.1 Å². The van der Waals surface area contributed by atoms with Gasteiger partial charge < -0.3 is 5.32 Å². The molecule has 0 bridgehead atoms. The molecule has 6 nitrogen and oxygen atoms in total. The Morgan fingerprint density at radius 2 is 2.12 bits per heavy atom. The molecular weight excluding hydrogens is 324 g/mol. The molecule has 3 rings (SSSR count). The lowest BCUT2D eigenvalue weighted by molar-refractivity contribution is -0.116. The summed E-state index contributed by atoms with van der Waals surface area (Å²) in [4.78, 5) is 34.5. The number of hydrogen-bond donors (Lipinski definition) is 1. The quantitative estimate of drug-likeness (QED) is 0.791. The Labute approximate surface area is 143 Å². The summed E-state index contributed by atoms with van der Waals surface area (Å²) in [6.45, 7) is 5.82. The van der Waals surface area contributed by atoms with Crippen molar-refractivity contribution in [3.8, 4) is 0 Å². The Bertz CT molecular complexity index is 974. The van der Waals surface area contributed by atoms with Crippen LogP contribution in [0.15, 0.2) is 29.3 Å². The first-order chi connectivity index (χ1) is 11.5. The van der Waals surface area contributed by atoms with Crippen molar-refractivity contribution in [1.82, 2.24) is 14.5 Å². The highest BCUT2D eigenvalue weighted by atomic mass is 32.1. The van der Waals surface area contributed by atoms with Crippen molar-refractivity contribution in [2.75, 3.05) is 5.32 Å². The fourth-order valence-corrected chi connectivity index (χ4v) is 3.49. The molecule has 1 aromatic carbocycles. The van der Waals surface area contributed by atoms with E-state index in [0.717, 1.165) is 22.6 Å². The van der Waals surface area contributed by atoms with Crippen LogP contribution in [-0.2, 0) is 17.8 Å². The lowest BCUT2D eigenvalue weighted by Crippen LogP contribution is -2.28. The predicted octanol–water partition coefficient (Wildman–Crippen LogP) is 2.67. The summed E-state index contributed by atoms with van der Waals surface area (Å²) in [5.41, 5.74) is 2.37. The lowest BCUT2D eigenvalue weighted by Gasteiger charge is -2.07. The molecule has 3 aromatic rings. The Morgan fingerprint density at radius 3 is 2.83 bits per heavy atom. The third-order valence-corrected chi connectivity index (χ3v) is 4.77. The van der Waals surface area contributed by atoms with Gasteiger partial charge in [-0.3, -0.25) is 14.2 Å². The number of benzene rings is 1. The molecule has 124 valence electrons. The Morgan fingerprint density at radius 1 is 1.33 bits per heavy atom. The first-order valence-corrected chi connectivity index (χ1v) is 8.52. The van der Waals surface area contributed by atoms with Crippen molar-refractivity contribution in [3.63, 3.8) is 0 Å². The van der Waals surface area contributed by atoms with Gasteiger partial charge in [0.15, 0.2) is 5.13 Å². The third kappa shape index (κ3) is 3.07. The van der Waals surface area contributed by atoms with E-state index in [4.69, 9.17) is 0 Å². The van der Waals surface area contributed by atoms with E-state index >= 15 is 0 Å². The van der Waals surface area contributed by atoms with Crippen LogP contribution in [0.25, 0.3) is 10.9 Å². The number of aromatic nitrogens is 3. The Kier molecular flexibility index (Phi) is 4.44. The number of rotatable bonds is 4. The lowest BCUT2D eigenvalue weighted by atomic mass is 10.1. The largest absolute Gasteiger partial charge is 0.300 e. The molecule has 0 aliphatic carbocycles. The summed E-state index contributed by atoms with van der Waals surface area (Å²) < 4.78 is 1.32. The van der Waals surface area contributed by atoms with Crippen molar-refractivity contribution < 1.29 is 4.79 Å². The van der Waals surface area contributed by atoms with Crippen LogP contribution in [0.2, 0.25) is 0 Å². The summed E-state index contributed by atoms with van der Waals surface area (Å²) in [5, 5.41) is 3.83. The van der Waals surface area contributed by atoms with Gasteiger partial charge in [-0.25, -0.2) is 9.97 Å². The van der Waals surface area contributed by atoms with Crippen LogP contribution < -0.4 is 10.9 Å². The van der Waals surface area contributed by atoms with Crippen molar-refractivity contribution in [1.29, 1.82) is 0 Å². The monoisotopic (exact) mass is 342 g/mol. The highest BCUT2D eigenvalue weighted by molar-refractivity contribution is 7.15. The Balaban J connectivity index is 1.83. The van der Waals surface area contributed by atoms with E-state index in [1.807, 2.05) is 32.9 Å². The second kappa shape index (κ2) is 6.52. The number of nitrogens with one attached hydrogen (secondary N) is 1. The first kappa shape index (κ1) is 16.3. The number of carbonyl (C=O) groups excluding carboxylic acids is 1. The number of nitrogens with zero attached hydrogens (tertiary/aromatic N) is 3. The summed E-state index contributed by atoms with van der Waals surface area (Å²) in [5.74, 6) is -0.290. The van der Waals surface area contributed by atoms with Crippen LogP contribution in [0.3, 0.4) is 0 Å².